The van der Waals surface area contributed by atoms with Gasteiger partial charge in [0.1, 0.15) is 0 Å². The lowest BCUT2D eigenvalue weighted by molar-refractivity contribution is 0.103. The Morgan fingerprint density at radius 3 is 2.52 bits per heavy atom. The van der Waals surface area contributed by atoms with Gasteiger partial charge in [0, 0.05) is 27.6 Å². The Balaban J connectivity index is 1.62. The smallest absolute Gasteiger partial charge is 0.191 e. The fraction of sp³-hybridized carbons (Fsp3) is 0.190. The third-order valence-electron chi connectivity index (χ3n) is 4.72. The van der Waals surface area contributed by atoms with Crippen LogP contribution in [0.2, 0.25) is 0 Å². The summed E-state index contributed by atoms with van der Waals surface area (Å²) in [5.41, 5.74) is 3.78. The van der Waals surface area contributed by atoms with Gasteiger partial charge in [-0.2, -0.15) is 0 Å². The maximum absolute atomic E-state index is 13.1. The van der Waals surface area contributed by atoms with Crippen molar-refractivity contribution in [3.63, 3.8) is 0 Å². The number of Topliss-reactive ketones (excluding diaryl/α,β-unsaturated/α-hetero) is 1. The molecule has 0 radical (unpaired) electrons. The van der Waals surface area contributed by atoms with E-state index in [1.807, 2.05) is 12.1 Å². The molecule has 0 aliphatic carbocycles. The third kappa shape index (κ3) is 3.28. The highest BCUT2D eigenvalue weighted by Gasteiger charge is 2.33. The Bertz CT molecular complexity index is 966. The van der Waals surface area contributed by atoms with E-state index in [0.29, 0.717) is 17.1 Å². The first-order valence-corrected chi connectivity index (χ1v) is 10.2. The van der Waals surface area contributed by atoms with Gasteiger partial charge < -0.3 is 14.4 Å². The molecule has 2 heterocycles. The van der Waals surface area contributed by atoms with E-state index in [-0.39, 0.29) is 5.78 Å². The molecule has 2 aliphatic rings. The summed E-state index contributed by atoms with van der Waals surface area (Å²) in [5, 5.41) is 3.16. The highest BCUT2D eigenvalue weighted by atomic mass is 79.9. The number of ketones is 1. The highest BCUT2D eigenvalue weighted by Crippen LogP contribution is 2.46. The van der Waals surface area contributed by atoms with E-state index in [0.717, 1.165) is 39.3 Å². The van der Waals surface area contributed by atoms with Gasteiger partial charge in [0.25, 0.3) is 0 Å². The molecule has 0 N–H and O–H groups in total. The fourth-order valence-electron chi connectivity index (χ4n) is 3.34. The summed E-state index contributed by atoms with van der Waals surface area (Å²) in [5.74, 6) is 1.23. The Morgan fingerprint density at radius 2 is 1.81 bits per heavy atom. The topological polar surface area (TPSA) is 38.8 Å². The summed E-state index contributed by atoms with van der Waals surface area (Å²) in [7, 11) is 3.16. The van der Waals surface area contributed by atoms with Crippen molar-refractivity contribution in [3.8, 4) is 11.5 Å². The van der Waals surface area contributed by atoms with Gasteiger partial charge in [-0.25, -0.2) is 0 Å². The lowest BCUT2D eigenvalue weighted by Gasteiger charge is -2.18. The number of thioether (sulfide) groups is 1. The predicted octanol–water partition coefficient (Wildman–Crippen LogP) is 5.31. The Labute approximate surface area is 171 Å². The molecule has 138 valence electrons. The van der Waals surface area contributed by atoms with Crippen LogP contribution in [0.1, 0.15) is 22.3 Å². The molecule has 0 saturated heterocycles. The van der Waals surface area contributed by atoms with Gasteiger partial charge in [-0.1, -0.05) is 39.8 Å². The first kappa shape index (κ1) is 18.2. The molecule has 6 heteroatoms. The molecule has 0 unspecified atom stereocenters. The number of halogens is 1. The van der Waals surface area contributed by atoms with Gasteiger partial charge in [0.15, 0.2) is 17.3 Å². The van der Waals surface area contributed by atoms with Crippen LogP contribution in [-0.4, -0.2) is 31.4 Å². The molecule has 0 fully saturated rings. The van der Waals surface area contributed by atoms with Gasteiger partial charge in [0.2, 0.25) is 0 Å². The predicted molar refractivity (Wildman–Crippen MR) is 112 cm³/mol. The van der Waals surface area contributed by atoms with E-state index < -0.39 is 0 Å². The second-order valence-electron chi connectivity index (χ2n) is 6.21. The Morgan fingerprint density at radius 1 is 1.07 bits per heavy atom. The van der Waals surface area contributed by atoms with Gasteiger partial charge in [-0.05, 0) is 42.3 Å². The molecule has 2 aromatic carbocycles. The molecule has 0 aromatic heterocycles. The molecule has 27 heavy (non-hydrogen) atoms. The van der Waals surface area contributed by atoms with E-state index in [4.69, 9.17) is 9.47 Å². The molecule has 0 saturated carbocycles. The summed E-state index contributed by atoms with van der Waals surface area (Å²) < 4.78 is 11.7. The van der Waals surface area contributed by atoms with E-state index >= 15 is 0 Å². The van der Waals surface area contributed by atoms with Gasteiger partial charge in [-0.15, -0.1) is 0 Å². The quantitative estimate of drug-likeness (QED) is 0.585. The van der Waals surface area contributed by atoms with Crippen molar-refractivity contribution in [2.75, 3.05) is 20.8 Å². The number of fused-ring (bicyclic) bond motifs is 1. The zero-order valence-corrected chi connectivity index (χ0v) is 17.4. The number of hydrogen-bond acceptors (Lipinski definition) is 5. The summed E-state index contributed by atoms with van der Waals surface area (Å²) >= 11 is 5.10. The highest BCUT2D eigenvalue weighted by molar-refractivity contribution is 9.10. The summed E-state index contributed by atoms with van der Waals surface area (Å²) in [6, 6.07) is 13.6. The van der Waals surface area contributed by atoms with Crippen LogP contribution >= 0.6 is 27.7 Å². The Kier molecular flexibility index (Phi) is 5.02. The average molecular weight is 444 g/mol. The number of carbonyl (C=O) groups is 1. The first-order valence-electron chi connectivity index (χ1n) is 8.52. The van der Waals surface area contributed by atoms with E-state index in [1.54, 1.807) is 44.2 Å². The number of nitrogens with zero attached hydrogens (tertiary/aromatic N) is 1. The summed E-state index contributed by atoms with van der Waals surface area (Å²) in [6.45, 7) is 0.818. The molecule has 4 rings (SSSR count). The number of carbonyl (C=O) groups excluding carboxylic acids is 1. The summed E-state index contributed by atoms with van der Waals surface area (Å²) in [4.78, 5) is 15.4. The Hall–Kier alpha value is -2.18. The number of ether oxygens (including phenoxy) is 2. The SMILES string of the molecule is COc1ccc(C(=O)C2=C3SC=C(c4ccc(Br)cc4)N3CC2)cc1OC. The van der Waals surface area contributed by atoms with Crippen molar-refractivity contribution in [3.05, 3.63) is 74.1 Å². The zero-order valence-electron chi connectivity index (χ0n) is 15.0. The average Bonchev–Trinajstić information content (AvgIpc) is 3.30. The van der Waals surface area contributed by atoms with Crippen LogP contribution in [0.25, 0.3) is 5.70 Å². The van der Waals surface area contributed by atoms with Crippen LogP contribution < -0.4 is 9.47 Å². The van der Waals surface area contributed by atoms with E-state index in [1.165, 1.54) is 0 Å². The van der Waals surface area contributed by atoms with Gasteiger partial charge in [-0.3, -0.25) is 4.79 Å². The van der Waals surface area contributed by atoms with E-state index in [2.05, 4.69) is 38.4 Å². The monoisotopic (exact) mass is 443 g/mol. The van der Waals surface area contributed by atoms with Crippen LogP contribution in [0.3, 0.4) is 0 Å². The van der Waals surface area contributed by atoms with Crippen LogP contribution in [0, 0.1) is 0 Å². The number of benzene rings is 2. The van der Waals surface area contributed by atoms with Crippen molar-refractivity contribution in [1.82, 2.24) is 4.90 Å². The van der Waals surface area contributed by atoms with Gasteiger partial charge >= 0.3 is 0 Å². The third-order valence-corrected chi connectivity index (χ3v) is 6.28. The minimum atomic E-state index is 0.0476. The van der Waals surface area contributed by atoms with Crippen LogP contribution in [-0.2, 0) is 0 Å². The normalized spacial score (nSPS) is 15.7. The minimum Gasteiger partial charge on any atom is -0.493 e. The molecule has 0 spiro atoms. The number of methoxy groups -OCH3 is 2. The molecule has 0 amide bonds. The summed E-state index contributed by atoms with van der Waals surface area (Å²) in [6.07, 6.45) is 0.739. The van der Waals surface area contributed by atoms with Crippen molar-refractivity contribution < 1.29 is 14.3 Å². The lowest BCUT2D eigenvalue weighted by Crippen LogP contribution is -2.12. The zero-order chi connectivity index (χ0) is 19.0. The van der Waals surface area contributed by atoms with Crippen molar-refractivity contribution in [2.24, 2.45) is 0 Å². The largest absolute Gasteiger partial charge is 0.493 e. The number of hydrogen-bond donors (Lipinski definition) is 0. The molecule has 2 aromatic rings. The molecule has 0 bridgehead atoms. The van der Waals surface area contributed by atoms with Crippen molar-refractivity contribution >= 4 is 39.2 Å². The maximum Gasteiger partial charge on any atom is 0.191 e. The van der Waals surface area contributed by atoms with Crippen LogP contribution in [0.15, 0.2) is 62.9 Å². The lowest BCUT2D eigenvalue weighted by atomic mass is 10.0. The van der Waals surface area contributed by atoms with E-state index in [9.17, 15) is 4.79 Å². The van der Waals surface area contributed by atoms with Crippen molar-refractivity contribution in [2.45, 2.75) is 6.42 Å². The van der Waals surface area contributed by atoms with Gasteiger partial charge in [0.05, 0.1) is 24.9 Å². The molecule has 2 aliphatic heterocycles. The van der Waals surface area contributed by atoms with Crippen molar-refractivity contribution in [1.29, 1.82) is 0 Å². The molecule has 4 nitrogen and oxygen atoms in total. The standard InChI is InChI=1S/C21H18BrNO3S/c1-25-18-8-5-14(11-19(18)26-2)20(24)16-9-10-23-17(12-27-21(16)23)13-3-6-15(22)7-4-13/h3-8,11-12H,9-10H2,1-2H3. The fourth-order valence-corrected chi connectivity index (χ4v) is 4.75. The van der Waals surface area contributed by atoms with Crippen LogP contribution in [0.4, 0.5) is 0 Å². The second kappa shape index (κ2) is 7.44. The molecular weight excluding hydrogens is 426 g/mol. The molecule has 0 atom stereocenters. The molecular formula is C21H18BrNO3S. The second-order valence-corrected chi connectivity index (χ2v) is 7.99. The minimum absolute atomic E-state index is 0.0476. The maximum atomic E-state index is 13.1. The first-order chi connectivity index (χ1) is 13.1. The van der Waals surface area contributed by atoms with Crippen LogP contribution in [0.5, 0.6) is 11.5 Å². The number of rotatable bonds is 5.